The molecule has 1 aromatic carbocycles. The number of carbonyl (C=O) groups excluding carboxylic acids is 4. The molecule has 0 unspecified atom stereocenters. The molecule has 0 spiro atoms. The van der Waals surface area contributed by atoms with Gasteiger partial charge in [0.25, 0.3) is 11.9 Å². The normalized spacial score (nSPS) is 18.7. The standard InChI is InChI=1S/C23H28BCl2NO8/c1-4-16(28)10-23(22(32)33)11-20(30)34-24(35-23)14(7-13(2)3)8-17(29)12-27-21(31)18-9-15(25)5-6-19(18)26/h5-6,9,13-14H,4,7-8,10-12H2,1-3H3,(H,27,31)(H,32,33)/t14-,23+/m1/s1. The lowest BCUT2D eigenvalue weighted by Crippen LogP contribution is -2.56. The molecule has 0 aromatic heterocycles. The van der Waals surface area contributed by atoms with Crippen LogP contribution in [-0.2, 0) is 28.5 Å². The van der Waals surface area contributed by atoms with Gasteiger partial charge in [-0.05, 0) is 30.5 Å². The molecule has 1 aliphatic heterocycles. The van der Waals surface area contributed by atoms with Crippen LogP contribution in [0.25, 0.3) is 0 Å². The number of carbonyl (C=O) groups is 5. The quantitative estimate of drug-likeness (QED) is 0.392. The zero-order valence-corrected chi connectivity index (χ0v) is 21.3. The van der Waals surface area contributed by atoms with Crippen LogP contribution in [0.1, 0.15) is 63.2 Å². The number of carboxylic acid groups (broad SMARTS) is 1. The first-order valence-electron chi connectivity index (χ1n) is 11.2. The molecule has 2 rings (SSSR count). The Hall–Kier alpha value is -2.43. The highest BCUT2D eigenvalue weighted by molar-refractivity contribution is 6.50. The summed E-state index contributed by atoms with van der Waals surface area (Å²) in [6.45, 7) is 5.02. The van der Waals surface area contributed by atoms with Crippen LogP contribution in [0.5, 0.6) is 0 Å². The molecule has 1 aliphatic rings. The maximum Gasteiger partial charge on any atom is 0.531 e. The molecule has 9 nitrogen and oxygen atoms in total. The van der Waals surface area contributed by atoms with Crippen molar-refractivity contribution in [1.29, 1.82) is 0 Å². The molecule has 1 saturated heterocycles. The lowest BCUT2D eigenvalue weighted by molar-refractivity contribution is -0.172. The SMILES string of the molecule is CCC(=O)C[C@@]1(C(=O)O)CC(=O)OB([C@@H](CC(=O)CNC(=O)c2cc(Cl)ccc2Cl)CC(C)C)O1. The van der Waals surface area contributed by atoms with Crippen LogP contribution < -0.4 is 5.32 Å². The van der Waals surface area contributed by atoms with Crippen molar-refractivity contribution in [2.24, 2.45) is 5.92 Å². The lowest BCUT2D eigenvalue weighted by Gasteiger charge is -2.38. The van der Waals surface area contributed by atoms with Crippen molar-refractivity contribution in [3.05, 3.63) is 33.8 Å². The fourth-order valence-corrected chi connectivity index (χ4v) is 4.22. The summed E-state index contributed by atoms with van der Waals surface area (Å²) in [7, 11) is -1.33. The molecule has 0 bridgehead atoms. The van der Waals surface area contributed by atoms with Crippen molar-refractivity contribution >= 4 is 59.7 Å². The van der Waals surface area contributed by atoms with Gasteiger partial charge in [-0.3, -0.25) is 19.2 Å². The molecule has 2 N–H and O–H groups in total. The van der Waals surface area contributed by atoms with Crippen molar-refractivity contribution in [3.8, 4) is 0 Å². The van der Waals surface area contributed by atoms with E-state index in [0.29, 0.717) is 11.4 Å². The Morgan fingerprint density at radius 1 is 1.20 bits per heavy atom. The van der Waals surface area contributed by atoms with Gasteiger partial charge in [0.2, 0.25) is 0 Å². The minimum absolute atomic E-state index is 0.0494. The zero-order valence-electron chi connectivity index (χ0n) is 19.8. The number of carboxylic acids is 1. The zero-order chi connectivity index (χ0) is 26.3. The predicted molar refractivity (Wildman–Crippen MR) is 129 cm³/mol. The number of hydrogen-bond donors (Lipinski definition) is 2. The van der Waals surface area contributed by atoms with E-state index in [4.69, 9.17) is 32.5 Å². The topological polar surface area (TPSA) is 136 Å². The Labute approximate surface area is 214 Å². The minimum atomic E-state index is -2.05. The van der Waals surface area contributed by atoms with E-state index in [0.717, 1.165) is 0 Å². The number of aliphatic carboxylic acids is 1. The number of hydrogen-bond acceptors (Lipinski definition) is 7. The third-order valence-corrected chi connectivity index (χ3v) is 6.12. The summed E-state index contributed by atoms with van der Waals surface area (Å²) in [6.07, 6.45) is -0.790. The summed E-state index contributed by atoms with van der Waals surface area (Å²) < 4.78 is 11.0. The van der Waals surface area contributed by atoms with Gasteiger partial charge in [-0.15, -0.1) is 0 Å². The molecule has 0 saturated carbocycles. The summed E-state index contributed by atoms with van der Waals surface area (Å²) in [5, 5.41) is 12.8. The molecule has 12 heteroatoms. The maximum absolute atomic E-state index is 12.7. The predicted octanol–water partition coefficient (Wildman–Crippen LogP) is 3.74. The molecular weight excluding hydrogens is 500 g/mol. The van der Waals surface area contributed by atoms with Gasteiger partial charge in [0.1, 0.15) is 5.78 Å². The molecule has 1 heterocycles. The van der Waals surface area contributed by atoms with Crippen LogP contribution in [0.4, 0.5) is 0 Å². The average Bonchev–Trinajstić information content (AvgIpc) is 2.77. The first-order chi connectivity index (χ1) is 16.4. The minimum Gasteiger partial charge on any atom is -0.509 e. The van der Waals surface area contributed by atoms with E-state index in [1.807, 2.05) is 13.8 Å². The van der Waals surface area contributed by atoms with E-state index in [1.54, 1.807) is 6.92 Å². The highest BCUT2D eigenvalue weighted by Crippen LogP contribution is 2.36. The molecule has 190 valence electrons. The fourth-order valence-electron chi connectivity index (χ4n) is 3.84. The number of ketones is 2. The molecule has 1 aromatic rings. The van der Waals surface area contributed by atoms with Crippen LogP contribution in [0.3, 0.4) is 0 Å². The lowest BCUT2D eigenvalue weighted by atomic mass is 9.63. The summed E-state index contributed by atoms with van der Waals surface area (Å²) in [4.78, 5) is 61.5. The van der Waals surface area contributed by atoms with E-state index in [9.17, 15) is 29.1 Å². The second-order valence-corrected chi connectivity index (χ2v) is 9.80. The Morgan fingerprint density at radius 2 is 1.89 bits per heavy atom. The van der Waals surface area contributed by atoms with E-state index in [-0.39, 0.29) is 41.7 Å². The molecule has 0 radical (unpaired) electrons. The summed E-state index contributed by atoms with van der Waals surface area (Å²) in [6, 6.07) is 4.37. The van der Waals surface area contributed by atoms with Crippen LogP contribution in [0, 0.1) is 5.92 Å². The largest absolute Gasteiger partial charge is 0.531 e. The third-order valence-electron chi connectivity index (χ3n) is 5.55. The van der Waals surface area contributed by atoms with E-state index >= 15 is 0 Å². The van der Waals surface area contributed by atoms with E-state index in [2.05, 4.69) is 5.32 Å². The molecule has 1 fully saturated rings. The van der Waals surface area contributed by atoms with Crippen molar-refractivity contribution in [1.82, 2.24) is 5.32 Å². The average molecular weight is 528 g/mol. The molecule has 0 aliphatic carbocycles. The molecular formula is C23H28BCl2NO8. The smallest absolute Gasteiger partial charge is 0.509 e. The number of rotatable bonds is 12. The van der Waals surface area contributed by atoms with Crippen molar-refractivity contribution < 1.29 is 38.4 Å². The first-order valence-corrected chi connectivity index (χ1v) is 12.0. The van der Waals surface area contributed by atoms with Crippen LogP contribution in [-0.4, -0.2) is 53.8 Å². The third kappa shape index (κ3) is 8.05. The van der Waals surface area contributed by atoms with E-state index < -0.39 is 55.0 Å². The van der Waals surface area contributed by atoms with Gasteiger partial charge >= 0.3 is 13.1 Å². The van der Waals surface area contributed by atoms with Crippen molar-refractivity contribution in [3.63, 3.8) is 0 Å². The second-order valence-electron chi connectivity index (χ2n) is 8.96. The van der Waals surface area contributed by atoms with Gasteiger partial charge in [0, 0.05) is 30.1 Å². The Bertz CT molecular complexity index is 1000. The molecule has 1 amide bonds. The molecule has 2 atom stereocenters. The van der Waals surface area contributed by atoms with Crippen LogP contribution >= 0.6 is 23.2 Å². The monoisotopic (exact) mass is 527 g/mol. The van der Waals surface area contributed by atoms with Crippen molar-refractivity contribution in [2.45, 2.75) is 64.3 Å². The first kappa shape index (κ1) is 28.8. The Balaban J connectivity index is 2.15. The number of nitrogens with one attached hydrogen (secondary N) is 1. The fraction of sp³-hybridized carbons (Fsp3) is 0.522. The summed E-state index contributed by atoms with van der Waals surface area (Å²) >= 11 is 11.9. The van der Waals surface area contributed by atoms with Gasteiger partial charge in [-0.25, -0.2) is 4.79 Å². The van der Waals surface area contributed by atoms with E-state index in [1.165, 1.54) is 18.2 Å². The van der Waals surface area contributed by atoms with Gasteiger partial charge in [-0.2, -0.15) is 0 Å². The number of amides is 1. The van der Waals surface area contributed by atoms with Crippen LogP contribution in [0.2, 0.25) is 15.9 Å². The van der Waals surface area contributed by atoms with Gasteiger partial charge < -0.3 is 19.7 Å². The van der Waals surface area contributed by atoms with Gasteiger partial charge in [0.15, 0.2) is 11.4 Å². The number of Topliss-reactive ketones (excluding diaryl/α,β-unsaturated/α-hetero) is 2. The second kappa shape index (κ2) is 12.5. The van der Waals surface area contributed by atoms with Gasteiger partial charge in [0.05, 0.1) is 23.6 Å². The number of halogens is 2. The summed E-state index contributed by atoms with van der Waals surface area (Å²) in [5.41, 5.74) is -1.94. The van der Waals surface area contributed by atoms with Crippen molar-refractivity contribution in [2.75, 3.05) is 6.54 Å². The molecule has 35 heavy (non-hydrogen) atoms. The highest BCUT2D eigenvalue weighted by atomic mass is 35.5. The Kier molecular flexibility index (Phi) is 10.3. The number of benzene rings is 1. The summed E-state index contributed by atoms with van der Waals surface area (Å²) in [5.74, 6) is -4.26. The maximum atomic E-state index is 12.7. The van der Waals surface area contributed by atoms with Gasteiger partial charge in [-0.1, -0.05) is 44.0 Å². The van der Waals surface area contributed by atoms with Crippen LogP contribution in [0.15, 0.2) is 18.2 Å². The Morgan fingerprint density at radius 3 is 2.49 bits per heavy atom. The highest BCUT2D eigenvalue weighted by Gasteiger charge is 2.54.